The van der Waals surface area contributed by atoms with Crippen molar-refractivity contribution in [2.45, 2.75) is 52.0 Å². The summed E-state index contributed by atoms with van der Waals surface area (Å²) in [6.07, 6.45) is 1.25. The molecule has 1 saturated heterocycles. The van der Waals surface area contributed by atoms with Crippen molar-refractivity contribution in [3.05, 3.63) is 23.8 Å². The minimum atomic E-state index is -0.970. The number of nitrogen functional groups attached to an aromatic ring is 1. The Kier molecular flexibility index (Phi) is 5.19. The van der Waals surface area contributed by atoms with Gasteiger partial charge in [-0.05, 0) is 76.9 Å². The van der Waals surface area contributed by atoms with Crippen LogP contribution in [-0.4, -0.2) is 41.3 Å². The smallest absolute Gasteiger partial charge is 0.412 e. The summed E-state index contributed by atoms with van der Waals surface area (Å²) >= 11 is 0. The molecule has 0 bridgehead atoms. The summed E-state index contributed by atoms with van der Waals surface area (Å²) in [4.78, 5) is 15.6. The second-order valence-corrected chi connectivity index (χ2v) is 7.32. The van der Waals surface area contributed by atoms with Crippen molar-refractivity contribution in [1.82, 2.24) is 4.90 Å². The van der Waals surface area contributed by atoms with Gasteiger partial charge in [-0.15, -0.1) is 0 Å². The molecule has 0 aliphatic carbocycles. The highest BCUT2D eigenvalue weighted by atomic mass is 16.4. The van der Waals surface area contributed by atoms with Gasteiger partial charge >= 0.3 is 6.09 Å². The van der Waals surface area contributed by atoms with Gasteiger partial charge < -0.3 is 15.7 Å². The number of benzene rings is 1. The number of likely N-dealkylation sites (tertiary alicyclic amines) is 1. The fourth-order valence-corrected chi connectivity index (χ4v) is 3.34. The number of carboxylic acid groups (broad SMARTS) is 1. The summed E-state index contributed by atoms with van der Waals surface area (Å²) in [5.74, 6) is 0.479. The summed E-state index contributed by atoms with van der Waals surface area (Å²) in [6.45, 7) is 11.1. The lowest BCUT2D eigenvalue weighted by molar-refractivity contribution is 0.195. The zero-order valence-electron chi connectivity index (χ0n) is 14.7. The van der Waals surface area contributed by atoms with Gasteiger partial charge in [0.25, 0.3) is 0 Å². The highest BCUT2D eigenvalue weighted by Gasteiger charge is 2.30. The Morgan fingerprint density at radius 3 is 2.43 bits per heavy atom. The standard InChI is InChI=1S/C18H29N3O2/c1-5-20-10-8-13(9-11-20)14-6-7-15(19)16(12-14)21(17(22)23)18(2,3)4/h6-7,12-13H,5,8-11,19H2,1-4H3,(H,22,23). The molecule has 2 rings (SSSR count). The number of rotatable bonds is 3. The predicted molar refractivity (Wildman–Crippen MR) is 95.2 cm³/mol. The molecule has 0 unspecified atom stereocenters. The van der Waals surface area contributed by atoms with E-state index in [4.69, 9.17) is 5.73 Å². The molecule has 1 heterocycles. The molecule has 23 heavy (non-hydrogen) atoms. The molecule has 5 heteroatoms. The van der Waals surface area contributed by atoms with E-state index < -0.39 is 11.6 Å². The fourth-order valence-electron chi connectivity index (χ4n) is 3.34. The summed E-state index contributed by atoms with van der Waals surface area (Å²) in [5.41, 5.74) is 7.85. The van der Waals surface area contributed by atoms with E-state index in [1.165, 1.54) is 10.5 Å². The summed E-state index contributed by atoms with van der Waals surface area (Å²) in [5, 5.41) is 9.62. The van der Waals surface area contributed by atoms with E-state index in [1.54, 1.807) is 0 Å². The van der Waals surface area contributed by atoms with Gasteiger partial charge in [0.2, 0.25) is 0 Å². The van der Waals surface area contributed by atoms with Crippen LogP contribution in [0.25, 0.3) is 0 Å². The van der Waals surface area contributed by atoms with Crippen LogP contribution < -0.4 is 10.6 Å². The first-order chi connectivity index (χ1) is 10.7. The van der Waals surface area contributed by atoms with E-state index in [1.807, 2.05) is 39.0 Å². The molecular formula is C18H29N3O2. The highest BCUT2D eigenvalue weighted by Crippen LogP contribution is 2.35. The zero-order valence-corrected chi connectivity index (χ0v) is 14.7. The molecule has 0 aromatic heterocycles. The van der Waals surface area contributed by atoms with E-state index in [9.17, 15) is 9.90 Å². The van der Waals surface area contributed by atoms with Crippen LogP contribution in [0.2, 0.25) is 0 Å². The van der Waals surface area contributed by atoms with Crippen LogP contribution in [0.4, 0.5) is 16.2 Å². The van der Waals surface area contributed by atoms with Crippen molar-refractivity contribution in [2.24, 2.45) is 0 Å². The molecule has 1 aliphatic rings. The lowest BCUT2D eigenvalue weighted by Gasteiger charge is -2.35. The average Bonchev–Trinajstić information content (AvgIpc) is 2.48. The van der Waals surface area contributed by atoms with E-state index >= 15 is 0 Å². The van der Waals surface area contributed by atoms with E-state index in [2.05, 4.69) is 11.8 Å². The van der Waals surface area contributed by atoms with Gasteiger partial charge in [0, 0.05) is 5.54 Å². The molecule has 0 saturated carbocycles. The van der Waals surface area contributed by atoms with Crippen LogP contribution in [0.1, 0.15) is 52.0 Å². The van der Waals surface area contributed by atoms with Crippen LogP contribution >= 0.6 is 0 Å². The number of hydrogen-bond donors (Lipinski definition) is 2. The lowest BCUT2D eigenvalue weighted by atomic mass is 9.88. The number of carbonyl (C=O) groups is 1. The van der Waals surface area contributed by atoms with Gasteiger partial charge in [0.15, 0.2) is 0 Å². The SMILES string of the molecule is CCN1CCC(c2ccc(N)c(N(C(=O)O)C(C)(C)C)c2)CC1. The molecular weight excluding hydrogens is 290 g/mol. The van der Waals surface area contributed by atoms with Gasteiger partial charge in [-0.25, -0.2) is 4.79 Å². The molecule has 1 aromatic carbocycles. The maximum Gasteiger partial charge on any atom is 0.412 e. The lowest BCUT2D eigenvalue weighted by Crippen LogP contribution is -2.45. The maximum atomic E-state index is 11.7. The number of nitrogens with zero attached hydrogens (tertiary/aromatic N) is 2. The molecule has 0 spiro atoms. The summed E-state index contributed by atoms with van der Waals surface area (Å²) in [7, 11) is 0. The van der Waals surface area contributed by atoms with Crippen molar-refractivity contribution < 1.29 is 9.90 Å². The van der Waals surface area contributed by atoms with Gasteiger partial charge in [-0.3, -0.25) is 4.90 Å². The van der Waals surface area contributed by atoms with E-state index in [0.29, 0.717) is 17.3 Å². The Morgan fingerprint density at radius 1 is 1.35 bits per heavy atom. The molecule has 3 N–H and O–H groups in total. The average molecular weight is 319 g/mol. The third-order valence-corrected chi connectivity index (χ3v) is 4.66. The first-order valence-corrected chi connectivity index (χ1v) is 8.39. The van der Waals surface area contributed by atoms with Crippen LogP contribution in [-0.2, 0) is 0 Å². The van der Waals surface area contributed by atoms with Gasteiger partial charge in [-0.1, -0.05) is 13.0 Å². The van der Waals surface area contributed by atoms with Gasteiger partial charge in [-0.2, -0.15) is 0 Å². The van der Waals surface area contributed by atoms with Crippen LogP contribution in [0.15, 0.2) is 18.2 Å². The van der Waals surface area contributed by atoms with E-state index in [0.717, 1.165) is 32.5 Å². The van der Waals surface area contributed by atoms with Gasteiger partial charge in [0.1, 0.15) is 0 Å². The van der Waals surface area contributed by atoms with Gasteiger partial charge in [0.05, 0.1) is 11.4 Å². The first-order valence-electron chi connectivity index (χ1n) is 8.39. The number of amides is 1. The van der Waals surface area contributed by atoms with Crippen LogP contribution in [0.3, 0.4) is 0 Å². The van der Waals surface area contributed by atoms with Crippen molar-refractivity contribution in [3.8, 4) is 0 Å². The Balaban J connectivity index is 2.30. The second-order valence-electron chi connectivity index (χ2n) is 7.32. The van der Waals surface area contributed by atoms with Crippen LogP contribution in [0, 0.1) is 0 Å². The fraction of sp³-hybridized carbons (Fsp3) is 0.611. The molecule has 128 valence electrons. The van der Waals surface area contributed by atoms with Crippen LogP contribution in [0.5, 0.6) is 0 Å². The molecule has 1 aromatic rings. The number of anilines is 2. The number of nitrogens with two attached hydrogens (primary N) is 1. The normalized spacial score (nSPS) is 17.2. The summed E-state index contributed by atoms with van der Waals surface area (Å²) in [6, 6.07) is 5.87. The topological polar surface area (TPSA) is 69.8 Å². The highest BCUT2D eigenvalue weighted by molar-refractivity contribution is 5.92. The largest absolute Gasteiger partial charge is 0.465 e. The Hall–Kier alpha value is -1.75. The molecule has 0 atom stereocenters. The number of hydrogen-bond acceptors (Lipinski definition) is 3. The number of piperidine rings is 1. The Labute approximate surface area is 139 Å². The molecule has 0 radical (unpaired) electrons. The van der Waals surface area contributed by atoms with Crippen molar-refractivity contribution >= 4 is 17.5 Å². The first kappa shape index (κ1) is 17.6. The van der Waals surface area contributed by atoms with Crippen molar-refractivity contribution in [3.63, 3.8) is 0 Å². The molecule has 1 aliphatic heterocycles. The second kappa shape index (κ2) is 6.79. The summed E-state index contributed by atoms with van der Waals surface area (Å²) < 4.78 is 0. The third kappa shape index (κ3) is 3.96. The van der Waals surface area contributed by atoms with E-state index in [-0.39, 0.29) is 0 Å². The quantitative estimate of drug-likeness (QED) is 0.832. The minimum Gasteiger partial charge on any atom is -0.465 e. The Bertz CT molecular complexity index is 558. The van der Waals surface area contributed by atoms with Crippen molar-refractivity contribution in [2.75, 3.05) is 30.3 Å². The molecule has 5 nitrogen and oxygen atoms in total. The monoisotopic (exact) mass is 319 g/mol. The maximum absolute atomic E-state index is 11.7. The molecule has 1 amide bonds. The zero-order chi connectivity index (χ0) is 17.2. The molecule has 1 fully saturated rings. The third-order valence-electron chi connectivity index (χ3n) is 4.66. The minimum absolute atomic E-state index is 0.479. The predicted octanol–water partition coefficient (Wildman–Crippen LogP) is 3.75. The van der Waals surface area contributed by atoms with Crippen molar-refractivity contribution in [1.29, 1.82) is 0 Å². The Morgan fingerprint density at radius 2 is 1.96 bits per heavy atom.